The van der Waals surface area contributed by atoms with Gasteiger partial charge in [-0.2, -0.15) is 0 Å². The van der Waals surface area contributed by atoms with E-state index in [4.69, 9.17) is 5.73 Å². The lowest BCUT2D eigenvalue weighted by Gasteiger charge is -2.17. The second kappa shape index (κ2) is 10.8. The van der Waals surface area contributed by atoms with Crippen molar-refractivity contribution in [2.45, 2.75) is 26.8 Å². The molecule has 0 saturated heterocycles. The number of carbonyl (C=O) groups is 1. The molecule has 0 unspecified atom stereocenters. The summed E-state index contributed by atoms with van der Waals surface area (Å²) in [4.78, 5) is 33.3. The second-order valence-corrected chi connectivity index (χ2v) is 9.44. The Balaban J connectivity index is 1.79. The Kier molecular flexibility index (Phi) is 7.62. The van der Waals surface area contributed by atoms with Crippen molar-refractivity contribution in [1.82, 2.24) is 14.5 Å². The highest BCUT2D eigenvalue weighted by molar-refractivity contribution is 6.04. The third kappa shape index (κ3) is 5.53. The first-order chi connectivity index (χ1) is 17.3. The van der Waals surface area contributed by atoms with Gasteiger partial charge in [-0.15, -0.1) is 0 Å². The number of nitrogens with two attached hydrogens (primary N) is 1. The summed E-state index contributed by atoms with van der Waals surface area (Å²) in [6, 6.07) is 17.0. The fourth-order valence-corrected chi connectivity index (χ4v) is 4.29. The minimum atomic E-state index is -0.188. The fourth-order valence-electron chi connectivity index (χ4n) is 4.29. The summed E-state index contributed by atoms with van der Waals surface area (Å²) >= 11 is 0. The zero-order chi connectivity index (χ0) is 25.8. The van der Waals surface area contributed by atoms with E-state index in [9.17, 15) is 9.59 Å². The number of amides is 1. The highest BCUT2D eigenvalue weighted by Gasteiger charge is 2.16. The topological polar surface area (TPSA) is 93.2 Å². The number of nitrogens with zero attached hydrogens (tertiary/aromatic N) is 3. The first-order valence-corrected chi connectivity index (χ1v) is 12.1. The number of rotatable bonds is 8. The molecule has 4 aromatic rings. The van der Waals surface area contributed by atoms with Crippen molar-refractivity contribution in [2.75, 3.05) is 32.5 Å². The minimum Gasteiger partial charge on any atom is -0.330 e. The van der Waals surface area contributed by atoms with Gasteiger partial charge < -0.3 is 20.5 Å². The van der Waals surface area contributed by atoms with Crippen LogP contribution in [0.4, 0.5) is 5.69 Å². The average molecular weight is 484 g/mol. The third-order valence-electron chi connectivity index (χ3n) is 6.27. The van der Waals surface area contributed by atoms with Crippen LogP contribution >= 0.6 is 0 Å². The number of hydrogen-bond acceptors (Lipinski definition) is 5. The Labute approximate surface area is 211 Å². The van der Waals surface area contributed by atoms with Crippen LogP contribution in [0.25, 0.3) is 22.0 Å². The van der Waals surface area contributed by atoms with Crippen LogP contribution in [0.1, 0.15) is 27.2 Å². The minimum absolute atomic E-state index is 0.0699. The predicted octanol–water partition coefficient (Wildman–Crippen LogP) is 4.00. The molecule has 3 N–H and O–H groups in total. The SMILES string of the molecule is Cc1cccc(C(=O)Nc2ccc(C)c(-c3cc4cnc(CCN)cc4n(CCN(C)C)c3=O)c2)c1. The lowest BCUT2D eigenvalue weighted by molar-refractivity contribution is 0.102. The third-order valence-corrected chi connectivity index (χ3v) is 6.27. The summed E-state index contributed by atoms with van der Waals surface area (Å²) in [5.41, 5.74) is 12.0. The van der Waals surface area contributed by atoms with E-state index in [-0.39, 0.29) is 11.5 Å². The van der Waals surface area contributed by atoms with Gasteiger partial charge in [-0.3, -0.25) is 14.6 Å². The highest BCUT2D eigenvalue weighted by atomic mass is 16.1. The lowest BCUT2D eigenvalue weighted by atomic mass is 9.99. The van der Waals surface area contributed by atoms with Crippen molar-refractivity contribution in [3.63, 3.8) is 0 Å². The Hall–Kier alpha value is -3.81. The van der Waals surface area contributed by atoms with Gasteiger partial charge >= 0.3 is 0 Å². The molecule has 0 bridgehead atoms. The molecule has 7 nitrogen and oxygen atoms in total. The van der Waals surface area contributed by atoms with Crippen LogP contribution in [0.2, 0.25) is 0 Å². The highest BCUT2D eigenvalue weighted by Crippen LogP contribution is 2.27. The number of pyridine rings is 2. The molecule has 0 radical (unpaired) electrons. The van der Waals surface area contributed by atoms with Gasteiger partial charge in [-0.05, 0) is 82.0 Å². The van der Waals surface area contributed by atoms with E-state index in [2.05, 4.69) is 15.2 Å². The number of aryl methyl sites for hydroxylation is 2. The Morgan fingerprint density at radius 1 is 1.06 bits per heavy atom. The van der Waals surface area contributed by atoms with E-state index in [0.29, 0.717) is 36.3 Å². The fraction of sp³-hybridized carbons (Fsp3) is 0.276. The maximum absolute atomic E-state index is 13.8. The summed E-state index contributed by atoms with van der Waals surface area (Å²) < 4.78 is 1.82. The zero-order valence-electron chi connectivity index (χ0n) is 21.3. The van der Waals surface area contributed by atoms with Gasteiger partial charge in [0.05, 0.1) is 5.52 Å². The maximum atomic E-state index is 13.8. The standard InChI is InChI=1S/C29H33N5O2/c1-19-6-5-7-21(14-19)28(35)32-24-9-8-20(2)25(16-24)26-15-22-18-31-23(10-11-30)17-27(22)34(29(26)36)13-12-33(3)4/h5-9,14-18H,10-13,30H2,1-4H3,(H,32,35). The molecule has 2 heterocycles. The molecule has 1 amide bonds. The Morgan fingerprint density at radius 2 is 1.86 bits per heavy atom. The van der Waals surface area contributed by atoms with E-state index < -0.39 is 0 Å². The number of likely N-dealkylation sites (N-methyl/N-ethyl adjacent to an activating group) is 1. The van der Waals surface area contributed by atoms with E-state index in [1.165, 1.54) is 0 Å². The van der Waals surface area contributed by atoms with Gasteiger partial charge in [0, 0.05) is 53.6 Å². The van der Waals surface area contributed by atoms with Crippen molar-refractivity contribution < 1.29 is 4.79 Å². The summed E-state index contributed by atoms with van der Waals surface area (Å²) in [6.45, 7) is 5.69. The van der Waals surface area contributed by atoms with Gasteiger partial charge in [-0.25, -0.2) is 0 Å². The van der Waals surface area contributed by atoms with Crippen molar-refractivity contribution in [1.29, 1.82) is 0 Å². The van der Waals surface area contributed by atoms with Crippen LogP contribution in [-0.4, -0.2) is 47.5 Å². The molecule has 0 aliphatic carbocycles. The van der Waals surface area contributed by atoms with Gasteiger partial charge in [0.25, 0.3) is 11.5 Å². The summed E-state index contributed by atoms with van der Waals surface area (Å²) in [7, 11) is 3.98. The van der Waals surface area contributed by atoms with Crippen LogP contribution in [0.15, 0.2) is 65.6 Å². The van der Waals surface area contributed by atoms with Gasteiger partial charge in [-0.1, -0.05) is 23.8 Å². The molecular weight excluding hydrogens is 450 g/mol. The largest absolute Gasteiger partial charge is 0.330 e. The van der Waals surface area contributed by atoms with Crippen molar-refractivity contribution in [3.05, 3.63) is 93.5 Å². The van der Waals surface area contributed by atoms with Crippen LogP contribution in [0, 0.1) is 13.8 Å². The molecule has 0 fully saturated rings. The molecule has 7 heteroatoms. The zero-order valence-corrected chi connectivity index (χ0v) is 21.3. The first-order valence-electron chi connectivity index (χ1n) is 12.1. The second-order valence-electron chi connectivity index (χ2n) is 9.44. The monoisotopic (exact) mass is 483 g/mol. The van der Waals surface area contributed by atoms with E-state index >= 15 is 0 Å². The van der Waals surface area contributed by atoms with Crippen molar-refractivity contribution >= 4 is 22.5 Å². The summed E-state index contributed by atoms with van der Waals surface area (Å²) in [5.74, 6) is -0.188. The molecule has 0 aliphatic heterocycles. The Bertz CT molecular complexity index is 1470. The molecular formula is C29H33N5O2. The van der Waals surface area contributed by atoms with Crippen molar-refractivity contribution in [2.24, 2.45) is 5.73 Å². The number of nitrogens with one attached hydrogen (secondary N) is 1. The predicted molar refractivity (Wildman–Crippen MR) is 147 cm³/mol. The smallest absolute Gasteiger partial charge is 0.258 e. The number of fused-ring (bicyclic) bond motifs is 1. The molecule has 186 valence electrons. The van der Waals surface area contributed by atoms with Crippen LogP contribution < -0.4 is 16.6 Å². The van der Waals surface area contributed by atoms with Crippen LogP contribution in [0.3, 0.4) is 0 Å². The number of anilines is 1. The molecule has 36 heavy (non-hydrogen) atoms. The normalized spacial score (nSPS) is 11.3. The van der Waals surface area contributed by atoms with E-state index in [1.54, 1.807) is 6.07 Å². The quantitative estimate of drug-likeness (QED) is 0.395. The van der Waals surface area contributed by atoms with Gasteiger partial charge in [0.15, 0.2) is 0 Å². The Morgan fingerprint density at radius 3 is 2.58 bits per heavy atom. The van der Waals surface area contributed by atoms with Crippen LogP contribution in [0.5, 0.6) is 0 Å². The van der Waals surface area contributed by atoms with E-state index in [1.807, 2.05) is 87.2 Å². The summed E-state index contributed by atoms with van der Waals surface area (Å²) in [6.07, 6.45) is 2.47. The lowest BCUT2D eigenvalue weighted by Crippen LogP contribution is -2.28. The molecule has 0 atom stereocenters. The molecule has 2 aromatic carbocycles. The number of benzene rings is 2. The van der Waals surface area contributed by atoms with Crippen molar-refractivity contribution in [3.8, 4) is 11.1 Å². The van der Waals surface area contributed by atoms with Gasteiger partial charge in [0.2, 0.25) is 0 Å². The first kappa shape index (κ1) is 25.3. The molecule has 4 rings (SSSR count). The molecule has 0 spiro atoms. The molecule has 2 aromatic heterocycles. The maximum Gasteiger partial charge on any atom is 0.258 e. The van der Waals surface area contributed by atoms with E-state index in [0.717, 1.165) is 39.8 Å². The molecule has 0 aliphatic rings. The summed E-state index contributed by atoms with van der Waals surface area (Å²) in [5, 5.41) is 3.86. The number of hydrogen-bond donors (Lipinski definition) is 2. The average Bonchev–Trinajstić information content (AvgIpc) is 2.84. The van der Waals surface area contributed by atoms with Crippen LogP contribution in [-0.2, 0) is 13.0 Å². The number of aromatic nitrogens is 2. The number of carbonyl (C=O) groups excluding carboxylic acids is 1. The molecule has 0 saturated carbocycles. The van der Waals surface area contributed by atoms with Gasteiger partial charge in [0.1, 0.15) is 0 Å².